The summed E-state index contributed by atoms with van der Waals surface area (Å²) in [5.74, 6) is -0.488. The van der Waals surface area contributed by atoms with Crippen molar-refractivity contribution in [1.29, 1.82) is 0 Å². The lowest BCUT2D eigenvalue weighted by Crippen LogP contribution is -2.38. The Balaban J connectivity index is 1.39. The Labute approximate surface area is 178 Å². The molecule has 1 aromatic heterocycles. The molecule has 0 saturated heterocycles. The van der Waals surface area contributed by atoms with Crippen LogP contribution in [0.3, 0.4) is 0 Å². The molecule has 0 radical (unpaired) electrons. The van der Waals surface area contributed by atoms with Crippen molar-refractivity contribution in [1.82, 2.24) is 15.2 Å². The van der Waals surface area contributed by atoms with Gasteiger partial charge < -0.3 is 15.5 Å². The Bertz CT molecular complexity index is 976. The van der Waals surface area contributed by atoms with Crippen LogP contribution in [0.2, 0.25) is 0 Å². The van der Waals surface area contributed by atoms with E-state index in [0.29, 0.717) is 18.1 Å². The molecule has 0 bridgehead atoms. The molecule has 1 heterocycles. The van der Waals surface area contributed by atoms with Gasteiger partial charge in [0.2, 0.25) is 5.91 Å². The van der Waals surface area contributed by atoms with Gasteiger partial charge >= 0.3 is 6.03 Å². The second-order valence-electron chi connectivity index (χ2n) is 6.81. The van der Waals surface area contributed by atoms with E-state index in [1.165, 1.54) is 23.5 Å². The van der Waals surface area contributed by atoms with Crippen molar-refractivity contribution in [2.45, 2.75) is 19.4 Å². The largest absolute Gasteiger partial charge is 0.337 e. The molecule has 0 aliphatic carbocycles. The number of rotatable bonds is 8. The smallest absolute Gasteiger partial charge is 0.317 e. The highest BCUT2D eigenvalue weighted by molar-refractivity contribution is 7.15. The number of carbonyl (C=O) groups is 2. The second-order valence-corrected chi connectivity index (χ2v) is 7.92. The van der Waals surface area contributed by atoms with Crippen molar-refractivity contribution in [2.75, 3.05) is 18.9 Å². The van der Waals surface area contributed by atoms with Crippen molar-refractivity contribution >= 4 is 28.4 Å². The maximum absolute atomic E-state index is 13.0. The summed E-state index contributed by atoms with van der Waals surface area (Å²) in [6.07, 6.45) is 2.47. The number of nitrogens with one attached hydrogen (secondary N) is 2. The molecule has 0 fully saturated rings. The number of nitrogens with zero attached hydrogens (tertiary/aromatic N) is 2. The molecule has 6 nitrogen and oxygen atoms in total. The second kappa shape index (κ2) is 10.5. The van der Waals surface area contributed by atoms with E-state index in [2.05, 4.69) is 15.6 Å². The summed E-state index contributed by atoms with van der Waals surface area (Å²) in [6, 6.07) is 15.7. The van der Waals surface area contributed by atoms with Crippen LogP contribution < -0.4 is 10.6 Å². The predicted octanol–water partition coefficient (Wildman–Crippen LogP) is 4.04. The summed E-state index contributed by atoms with van der Waals surface area (Å²) < 4.78 is 13.0. The van der Waals surface area contributed by atoms with Crippen LogP contribution in [-0.2, 0) is 17.8 Å². The molecular formula is C22H23FN4O2S. The maximum atomic E-state index is 13.0. The normalized spacial score (nSPS) is 10.5. The minimum atomic E-state index is -0.269. The molecular weight excluding hydrogens is 403 g/mol. The first-order chi connectivity index (χ1) is 14.5. The molecule has 0 saturated carbocycles. The Morgan fingerprint density at radius 1 is 1.07 bits per heavy atom. The molecule has 0 atom stereocenters. The number of hydrogen-bond acceptors (Lipinski definition) is 4. The number of carbonyl (C=O) groups excluding carboxylic acids is 2. The number of benzene rings is 2. The fourth-order valence-electron chi connectivity index (χ4n) is 2.78. The molecule has 30 heavy (non-hydrogen) atoms. The highest BCUT2D eigenvalue weighted by Crippen LogP contribution is 2.21. The van der Waals surface area contributed by atoms with Crippen LogP contribution in [0.1, 0.15) is 22.4 Å². The van der Waals surface area contributed by atoms with Crippen molar-refractivity contribution in [2.24, 2.45) is 0 Å². The minimum absolute atomic E-state index is 0.151. The van der Waals surface area contributed by atoms with Crippen LogP contribution in [0.25, 0.3) is 0 Å². The SMILES string of the molecule is CN(Cc1ccccc1)C(=O)NCCC(=O)Nc1ncc(Cc2ccc(F)cc2)s1. The third-order valence-corrected chi connectivity index (χ3v) is 5.24. The third-order valence-electron chi connectivity index (χ3n) is 4.33. The molecule has 2 aromatic carbocycles. The lowest BCUT2D eigenvalue weighted by atomic mass is 10.1. The summed E-state index contributed by atoms with van der Waals surface area (Å²) in [5.41, 5.74) is 2.01. The summed E-state index contributed by atoms with van der Waals surface area (Å²) in [4.78, 5) is 31.0. The van der Waals surface area contributed by atoms with Gasteiger partial charge in [0.05, 0.1) is 0 Å². The number of halogens is 1. The number of aromatic nitrogens is 1. The number of hydrogen-bond donors (Lipinski definition) is 2. The van der Waals surface area contributed by atoms with Gasteiger partial charge in [-0.1, -0.05) is 42.5 Å². The van der Waals surface area contributed by atoms with Crippen molar-refractivity contribution in [3.8, 4) is 0 Å². The minimum Gasteiger partial charge on any atom is -0.337 e. The fraction of sp³-hybridized carbons (Fsp3) is 0.227. The van der Waals surface area contributed by atoms with Gasteiger partial charge in [-0.05, 0) is 23.3 Å². The standard InChI is InChI=1S/C22H23FN4O2S/c1-27(15-17-5-3-2-4-6-17)22(29)24-12-11-20(28)26-21-25-14-19(30-21)13-16-7-9-18(23)10-8-16/h2-10,14H,11-13,15H2,1H3,(H,24,29)(H,25,26,28). The summed E-state index contributed by atoms with van der Waals surface area (Å²) >= 11 is 1.37. The number of amides is 3. The molecule has 3 amide bonds. The van der Waals surface area contributed by atoms with Gasteiger partial charge in [-0.25, -0.2) is 14.2 Å². The van der Waals surface area contributed by atoms with Gasteiger partial charge in [-0.3, -0.25) is 4.79 Å². The van der Waals surface area contributed by atoms with Crippen LogP contribution in [0.5, 0.6) is 0 Å². The van der Waals surface area contributed by atoms with Crippen LogP contribution >= 0.6 is 11.3 Å². The molecule has 0 unspecified atom stereocenters. The molecule has 8 heteroatoms. The Morgan fingerprint density at radius 2 is 1.80 bits per heavy atom. The lowest BCUT2D eigenvalue weighted by molar-refractivity contribution is -0.116. The van der Waals surface area contributed by atoms with Crippen molar-refractivity contribution in [3.63, 3.8) is 0 Å². The molecule has 2 N–H and O–H groups in total. The van der Waals surface area contributed by atoms with Gasteiger partial charge in [0.25, 0.3) is 0 Å². The first-order valence-electron chi connectivity index (χ1n) is 9.51. The Kier molecular flexibility index (Phi) is 7.51. The zero-order valence-corrected chi connectivity index (χ0v) is 17.4. The molecule has 3 rings (SSSR count). The molecule has 0 spiro atoms. The van der Waals surface area contributed by atoms with Gasteiger partial charge in [0.1, 0.15) is 5.82 Å². The van der Waals surface area contributed by atoms with Crippen molar-refractivity contribution in [3.05, 3.63) is 82.6 Å². The van der Waals surface area contributed by atoms with Gasteiger partial charge in [0.15, 0.2) is 5.13 Å². The van der Waals surface area contributed by atoms with Crippen LogP contribution in [0.4, 0.5) is 14.3 Å². The Hall–Kier alpha value is -3.26. The summed E-state index contributed by atoms with van der Waals surface area (Å²) in [6.45, 7) is 0.729. The third kappa shape index (κ3) is 6.66. The molecule has 0 aliphatic rings. The van der Waals surface area contributed by atoms with E-state index in [9.17, 15) is 14.0 Å². The van der Waals surface area contributed by atoms with Crippen LogP contribution in [-0.4, -0.2) is 35.4 Å². The zero-order chi connectivity index (χ0) is 21.3. The number of thiazole rings is 1. The maximum Gasteiger partial charge on any atom is 0.317 e. The van der Waals surface area contributed by atoms with Gasteiger partial charge in [0, 0.05) is 44.1 Å². The van der Waals surface area contributed by atoms with Gasteiger partial charge in [-0.2, -0.15) is 0 Å². The highest BCUT2D eigenvalue weighted by atomic mass is 32.1. The summed E-state index contributed by atoms with van der Waals surface area (Å²) in [5, 5.41) is 5.99. The van der Waals surface area contributed by atoms with Crippen LogP contribution in [0.15, 0.2) is 60.8 Å². The molecule has 0 aliphatic heterocycles. The molecule has 3 aromatic rings. The quantitative estimate of drug-likeness (QED) is 0.571. The Morgan fingerprint density at radius 3 is 2.53 bits per heavy atom. The lowest BCUT2D eigenvalue weighted by Gasteiger charge is -2.17. The monoisotopic (exact) mass is 426 g/mol. The topological polar surface area (TPSA) is 74.3 Å². The molecule has 156 valence electrons. The van der Waals surface area contributed by atoms with Crippen molar-refractivity contribution < 1.29 is 14.0 Å². The van der Waals surface area contributed by atoms with E-state index in [1.54, 1.807) is 30.3 Å². The van der Waals surface area contributed by atoms with Gasteiger partial charge in [-0.15, -0.1) is 11.3 Å². The first kappa shape index (κ1) is 21.4. The van der Waals surface area contributed by atoms with E-state index in [-0.39, 0.29) is 30.7 Å². The van der Waals surface area contributed by atoms with Crippen LogP contribution in [0, 0.1) is 5.82 Å². The fourth-order valence-corrected chi connectivity index (χ4v) is 3.64. The van der Waals surface area contributed by atoms with E-state index >= 15 is 0 Å². The average Bonchev–Trinajstić information content (AvgIpc) is 3.17. The average molecular weight is 427 g/mol. The summed E-state index contributed by atoms with van der Waals surface area (Å²) in [7, 11) is 1.71. The number of urea groups is 1. The predicted molar refractivity (Wildman–Crippen MR) is 116 cm³/mol. The van der Waals surface area contributed by atoms with E-state index in [0.717, 1.165) is 16.0 Å². The highest BCUT2D eigenvalue weighted by Gasteiger charge is 2.11. The first-order valence-corrected chi connectivity index (χ1v) is 10.3. The zero-order valence-electron chi connectivity index (χ0n) is 16.6. The number of anilines is 1. The van der Waals surface area contributed by atoms with E-state index in [4.69, 9.17) is 0 Å². The van der Waals surface area contributed by atoms with E-state index < -0.39 is 0 Å². The van der Waals surface area contributed by atoms with E-state index in [1.807, 2.05) is 30.3 Å².